The van der Waals surface area contributed by atoms with Gasteiger partial charge in [-0.15, -0.1) is 11.3 Å². The second-order valence-electron chi connectivity index (χ2n) is 17.3. The topological polar surface area (TPSA) is 36.1 Å². The van der Waals surface area contributed by atoms with Crippen LogP contribution < -0.4 is 0 Å². The number of aromatic nitrogens is 2. The standard InChI is InChI=1S/C60H34N2O2S/c1-5-13-51-41(9-1)42-10-2-6-14-52(42)61(51)39-21-25-57-47(33-39)45-29-35(17-23-55(45)63-57)37-19-27-59-49(31-37)50-32-38(20-28-60(50)65-59)36-18-24-56-46(30-36)48-34-40(22-26-58(48)64-56)62-53-15-7-3-11-43(53)44-12-4-8-16-54(44)62/h1-34H. The summed E-state index contributed by atoms with van der Waals surface area (Å²) in [6.07, 6.45) is 0. The van der Waals surface area contributed by atoms with Crippen LogP contribution in [-0.4, -0.2) is 9.13 Å². The molecule has 0 aliphatic carbocycles. The minimum absolute atomic E-state index is 0.888. The summed E-state index contributed by atoms with van der Waals surface area (Å²) in [4.78, 5) is 0. The molecule has 0 fully saturated rings. The van der Waals surface area contributed by atoms with Crippen LogP contribution in [0.3, 0.4) is 0 Å². The van der Waals surface area contributed by atoms with E-state index in [9.17, 15) is 0 Å². The van der Waals surface area contributed by atoms with E-state index in [2.05, 4.69) is 215 Å². The molecule has 0 saturated heterocycles. The van der Waals surface area contributed by atoms with E-state index in [0.29, 0.717) is 0 Å². The van der Waals surface area contributed by atoms with Crippen LogP contribution in [0.15, 0.2) is 215 Å². The van der Waals surface area contributed by atoms with Crippen molar-refractivity contribution in [3.8, 4) is 33.6 Å². The highest BCUT2D eigenvalue weighted by atomic mass is 32.1. The maximum absolute atomic E-state index is 6.45. The number of fused-ring (bicyclic) bond motifs is 15. The van der Waals surface area contributed by atoms with Gasteiger partial charge in [0.2, 0.25) is 0 Å². The van der Waals surface area contributed by atoms with Gasteiger partial charge in [0.15, 0.2) is 0 Å². The number of rotatable bonds is 4. The zero-order valence-electron chi connectivity index (χ0n) is 34.7. The van der Waals surface area contributed by atoms with Gasteiger partial charge in [-0.2, -0.15) is 0 Å². The van der Waals surface area contributed by atoms with Crippen LogP contribution in [0.1, 0.15) is 0 Å². The summed E-state index contributed by atoms with van der Waals surface area (Å²) in [7, 11) is 0. The predicted octanol–water partition coefficient (Wildman–Crippen LogP) is 17.4. The van der Waals surface area contributed by atoms with Crippen molar-refractivity contribution < 1.29 is 8.83 Å². The van der Waals surface area contributed by atoms with Gasteiger partial charge in [-0.25, -0.2) is 0 Å². The van der Waals surface area contributed by atoms with E-state index in [-0.39, 0.29) is 0 Å². The SMILES string of the molecule is c1ccc2c(c1)c1ccccc1n2-c1ccc2oc3ccc(-c4ccc5sc6ccc(-c7ccc8oc9ccc(-n%10c%11ccccc%11c%11ccccc%11%10)cc9c8c7)cc6c5c4)cc3c2c1. The number of benzene rings is 10. The molecule has 0 aliphatic rings. The van der Waals surface area contributed by atoms with Crippen molar-refractivity contribution >= 4 is 119 Å². The van der Waals surface area contributed by atoms with Crippen LogP contribution in [0.25, 0.3) is 141 Å². The second-order valence-corrected chi connectivity index (χ2v) is 18.3. The van der Waals surface area contributed by atoms with E-state index in [1.165, 1.54) is 74.9 Å². The van der Waals surface area contributed by atoms with Crippen molar-refractivity contribution in [3.63, 3.8) is 0 Å². The maximum atomic E-state index is 6.45. The molecule has 0 bridgehead atoms. The Kier molecular flexibility index (Phi) is 7.07. The third-order valence-electron chi connectivity index (χ3n) is 13.7. The minimum atomic E-state index is 0.888. The molecule has 0 radical (unpaired) electrons. The lowest BCUT2D eigenvalue weighted by Gasteiger charge is -2.08. The average molecular weight is 847 g/mol. The zero-order valence-corrected chi connectivity index (χ0v) is 35.6. The first-order chi connectivity index (χ1) is 32.2. The molecule has 5 heteroatoms. The van der Waals surface area contributed by atoms with E-state index < -0.39 is 0 Å². The third-order valence-corrected chi connectivity index (χ3v) is 14.9. The first kappa shape index (κ1) is 35.1. The fraction of sp³-hybridized carbons (Fsp3) is 0. The largest absolute Gasteiger partial charge is 0.456 e. The van der Waals surface area contributed by atoms with Gasteiger partial charge in [-0.3, -0.25) is 0 Å². The third kappa shape index (κ3) is 5.07. The van der Waals surface area contributed by atoms with Crippen molar-refractivity contribution in [2.45, 2.75) is 0 Å². The smallest absolute Gasteiger partial charge is 0.135 e. The van der Waals surface area contributed by atoms with Crippen LogP contribution in [0.4, 0.5) is 0 Å². The first-order valence-corrected chi connectivity index (χ1v) is 22.9. The minimum Gasteiger partial charge on any atom is -0.456 e. The van der Waals surface area contributed by atoms with E-state index in [0.717, 1.165) is 66.4 Å². The van der Waals surface area contributed by atoms with E-state index in [1.807, 2.05) is 11.3 Å². The molecule has 0 spiro atoms. The van der Waals surface area contributed by atoms with Crippen LogP contribution in [0.5, 0.6) is 0 Å². The Labute approximate surface area is 375 Å². The molecule has 0 N–H and O–H groups in total. The van der Waals surface area contributed by atoms with Crippen LogP contribution in [0, 0.1) is 0 Å². The van der Waals surface area contributed by atoms with Crippen molar-refractivity contribution in [1.29, 1.82) is 0 Å². The summed E-state index contributed by atoms with van der Waals surface area (Å²) in [5, 5.41) is 12.0. The van der Waals surface area contributed by atoms with Crippen molar-refractivity contribution in [1.82, 2.24) is 9.13 Å². The summed E-state index contributed by atoms with van der Waals surface area (Å²) in [5.74, 6) is 0. The van der Waals surface area contributed by atoms with Gasteiger partial charge in [-0.1, -0.05) is 97.1 Å². The lowest BCUT2D eigenvalue weighted by atomic mass is 9.98. The van der Waals surface area contributed by atoms with Crippen molar-refractivity contribution in [2.75, 3.05) is 0 Å². The van der Waals surface area contributed by atoms with Crippen LogP contribution in [0.2, 0.25) is 0 Å². The molecule has 15 rings (SSSR count). The highest BCUT2D eigenvalue weighted by molar-refractivity contribution is 7.25. The Hall–Kier alpha value is -8.38. The predicted molar refractivity (Wildman–Crippen MR) is 273 cm³/mol. The average Bonchev–Trinajstić information content (AvgIpc) is 4.17. The molecule has 0 atom stereocenters. The Morgan fingerprint density at radius 2 is 0.569 bits per heavy atom. The number of hydrogen-bond donors (Lipinski definition) is 0. The van der Waals surface area contributed by atoms with E-state index in [1.54, 1.807) is 0 Å². The first-order valence-electron chi connectivity index (χ1n) is 22.1. The molecule has 0 amide bonds. The van der Waals surface area contributed by atoms with Crippen molar-refractivity contribution in [3.05, 3.63) is 206 Å². The van der Waals surface area contributed by atoms with Gasteiger partial charge in [0, 0.05) is 74.6 Å². The Balaban J connectivity index is 0.828. The Morgan fingerprint density at radius 3 is 0.954 bits per heavy atom. The highest BCUT2D eigenvalue weighted by Gasteiger charge is 2.18. The lowest BCUT2D eigenvalue weighted by molar-refractivity contribution is 0.668. The maximum Gasteiger partial charge on any atom is 0.135 e. The summed E-state index contributed by atoms with van der Waals surface area (Å²) in [6.45, 7) is 0. The van der Waals surface area contributed by atoms with E-state index in [4.69, 9.17) is 8.83 Å². The molecule has 65 heavy (non-hydrogen) atoms. The quantitative estimate of drug-likeness (QED) is 0.177. The van der Waals surface area contributed by atoms with Gasteiger partial charge in [0.1, 0.15) is 22.3 Å². The summed E-state index contributed by atoms with van der Waals surface area (Å²) in [5.41, 5.74) is 15.3. The zero-order chi connectivity index (χ0) is 42.3. The number of thiophene rings is 1. The molecule has 0 unspecified atom stereocenters. The van der Waals surface area contributed by atoms with E-state index >= 15 is 0 Å². The fourth-order valence-electron chi connectivity index (χ4n) is 10.7. The monoisotopic (exact) mass is 846 g/mol. The summed E-state index contributed by atoms with van der Waals surface area (Å²) in [6, 6.07) is 74.9. The van der Waals surface area contributed by atoms with Crippen molar-refractivity contribution in [2.24, 2.45) is 0 Å². The Morgan fingerprint density at radius 1 is 0.262 bits per heavy atom. The van der Waals surface area contributed by atoms with Crippen LogP contribution >= 0.6 is 11.3 Å². The van der Waals surface area contributed by atoms with Crippen LogP contribution in [-0.2, 0) is 0 Å². The second kappa shape index (κ2) is 13.1. The normalized spacial score (nSPS) is 12.3. The molecule has 302 valence electrons. The van der Waals surface area contributed by atoms with Gasteiger partial charge < -0.3 is 18.0 Å². The molecule has 5 heterocycles. The fourth-order valence-corrected chi connectivity index (χ4v) is 11.8. The molecule has 15 aromatic rings. The number of para-hydroxylation sites is 4. The summed E-state index contributed by atoms with van der Waals surface area (Å²) >= 11 is 1.85. The number of nitrogens with zero attached hydrogens (tertiary/aromatic N) is 2. The molecule has 5 aromatic heterocycles. The number of furan rings is 2. The molecule has 0 saturated carbocycles. The Bertz CT molecular complexity index is 4100. The van der Waals surface area contributed by atoms with Gasteiger partial charge >= 0.3 is 0 Å². The molecule has 10 aromatic carbocycles. The molecular formula is C60H34N2O2S. The number of hydrogen-bond acceptors (Lipinski definition) is 3. The van der Waals surface area contributed by atoms with Gasteiger partial charge in [0.25, 0.3) is 0 Å². The lowest BCUT2D eigenvalue weighted by Crippen LogP contribution is -1.93. The molecule has 0 aliphatic heterocycles. The highest BCUT2D eigenvalue weighted by Crippen LogP contribution is 2.42. The van der Waals surface area contributed by atoms with Gasteiger partial charge in [0.05, 0.1) is 22.1 Å². The van der Waals surface area contributed by atoms with Gasteiger partial charge in [-0.05, 0) is 131 Å². The molecular weight excluding hydrogens is 813 g/mol. The summed E-state index contributed by atoms with van der Waals surface area (Å²) < 4.78 is 20.2. The molecule has 4 nitrogen and oxygen atoms in total.